The number of hydrogen-bond donors (Lipinski definition) is 0. The van der Waals surface area contributed by atoms with E-state index in [4.69, 9.17) is 5.26 Å². The minimum atomic E-state index is -4.88. The molecular formula is C11H8F2N2O3S. The average Bonchev–Trinajstić information content (AvgIpc) is 2.70. The van der Waals surface area contributed by atoms with Crippen molar-refractivity contribution >= 4 is 21.8 Å². The molecule has 0 bridgehead atoms. The molecule has 1 saturated heterocycles. The molecular weight excluding hydrogens is 278 g/mol. The first-order chi connectivity index (χ1) is 8.84. The van der Waals surface area contributed by atoms with Crippen LogP contribution >= 0.6 is 0 Å². The Balaban J connectivity index is 2.45. The number of nitriles is 1. The van der Waals surface area contributed by atoms with Gasteiger partial charge < -0.3 is 4.90 Å². The quantitative estimate of drug-likeness (QED) is 0.763. The molecule has 2 rings (SSSR count). The van der Waals surface area contributed by atoms with Crippen molar-refractivity contribution in [2.75, 3.05) is 11.4 Å². The van der Waals surface area contributed by atoms with Gasteiger partial charge in [0.05, 0.1) is 11.3 Å². The summed E-state index contributed by atoms with van der Waals surface area (Å²) in [7, 11) is -4.88. The van der Waals surface area contributed by atoms with Gasteiger partial charge in [0.15, 0.2) is 0 Å². The van der Waals surface area contributed by atoms with Gasteiger partial charge in [-0.05, 0) is 12.1 Å². The Morgan fingerprint density at radius 3 is 2.63 bits per heavy atom. The molecule has 1 aliphatic heterocycles. The zero-order chi connectivity index (χ0) is 14.2. The monoisotopic (exact) mass is 286 g/mol. The van der Waals surface area contributed by atoms with Crippen LogP contribution in [0.1, 0.15) is 12.0 Å². The number of amides is 1. The number of para-hydroxylation sites is 1. The Morgan fingerprint density at radius 2 is 2.11 bits per heavy atom. The second-order valence-electron chi connectivity index (χ2n) is 4.05. The molecule has 19 heavy (non-hydrogen) atoms. The zero-order valence-corrected chi connectivity index (χ0v) is 10.3. The van der Waals surface area contributed by atoms with E-state index >= 15 is 0 Å². The molecule has 100 valence electrons. The summed E-state index contributed by atoms with van der Waals surface area (Å²) < 4.78 is 48.2. The van der Waals surface area contributed by atoms with Crippen LogP contribution in [-0.2, 0) is 15.0 Å². The number of carbonyl (C=O) groups excluding carboxylic acids is 1. The van der Waals surface area contributed by atoms with Crippen LogP contribution in [0.15, 0.2) is 18.2 Å². The molecule has 1 aliphatic rings. The van der Waals surface area contributed by atoms with E-state index in [2.05, 4.69) is 0 Å². The van der Waals surface area contributed by atoms with Crippen molar-refractivity contribution in [2.45, 2.75) is 11.7 Å². The van der Waals surface area contributed by atoms with Crippen LogP contribution in [0.3, 0.4) is 0 Å². The summed E-state index contributed by atoms with van der Waals surface area (Å²) in [4.78, 5) is 12.5. The number of anilines is 1. The SMILES string of the molecule is N#Cc1cccc(F)c1N1CC(S(=O)(=O)F)CC1=O. The lowest BCUT2D eigenvalue weighted by atomic mass is 10.1. The van der Waals surface area contributed by atoms with Crippen LogP contribution in [0.4, 0.5) is 14.0 Å². The van der Waals surface area contributed by atoms with Crippen LogP contribution in [-0.4, -0.2) is 26.1 Å². The van der Waals surface area contributed by atoms with Gasteiger partial charge in [0.1, 0.15) is 17.1 Å². The van der Waals surface area contributed by atoms with Gasteiger partial charge in [-0.25, -0.2) is 4.39 Å². The molecule has 1 fully saturated rings. The summed E-state index contributed by atoms with van der Waals surface area (Å²) in [5.41, 5.74) is -0.411. The number of rotatable bonds is 2. The Bertz CT molecular complexity index is 682. The molecule has 0 spiro atoms. The number of nitrogens with zero attached hydrogens (tertiary/aromatic N) is 2. The van der Waals surface area contributed by atoms with Gasteiger partial charge in [-0.3, -0.25) is 4.79 Å². The Kier molecular flexibility index (Phi) is 3.24. The largest absolute Gasteiger partial charge is 0.307 e. The molecule has 0 saturated carbocycles. The maximum absolute atomic E-state index is 13.7. The Labute approximate surface area is 108 Å². The van der Waals surface area contributed by atoms with E-state index in [1.54, 1.807) is 6.07 Å². The summed E-state index contributed by atoms with van der Waals surface area (Å²) >= 11 is 0. The van der Waals surface area contributed by atoms with Crippen molar-refractivity contribution in [2.24, 2.45) is 0 Å². The molecule has 0 aliphatic carbocycles. The highest BCUT2D eigenvalue weighted by molar-refractivity contribution is 7.87. The van der Waals surface area contributed by atoms with Crippen molar-refractivity contribution in [1.82, 2.24) is 0 Å². The minimum absolute atomic E-state index is 0.106. The number of carbonyl (C=O) groups is 1. The third-order valence-electron chi connectivity index (χ3n) is 2.86. The standard InChI is InChI=1S/C11H8F2N2O3S/c12-9-3-1-2-7(5-14)11(9)15-6-8(4-10(15)16)19(13,17)18/h1-3,8H,4,6H2. The molecule has 1 heterocycles. The van der Waals surface area contributed by atoms with E-state index in [0.29, 0.717) is 0 Å². The second kappa shape index (κ2) is 4.59. The topological polar surface area (TPSA) is 78.2 Å². The fourth-order valence-corrected chi connectivity index (χ4v) is 2.63. The maximum Gasteiger partial charge on any atom is 0.307 e. The first kappa shape index (κ1) is 13.4. The summed E-state index contributed by atoms with van der Waals surface area (Å²) in [6.07, 6.45) is -0.558. The van der Waals surface area contributed by atoms with Crippen LogP contribution in [0.2, 0.25) is 0 Å². The Hall–Kier alpha value is -2.01. The van der Waals surface area contributed by atoms with Gasteiger partial charge in [-0.2, -0.15) is 13.7 Å². The van der Waals surface area contributed by atoms with E-state index in [1.165, 1.54) is 12.1 Å². The number of benzene rings is 1. The van der Waals surface area contributed by atoms with Crippen LogP contribution in [0.5, 0.6) is 0 Å². The van der Waals surface area contributed by atoms with Crippen molar-refractivity contribution in [3.05, 3.63) is 29.6 Å². The average molecular weight is 286 g/mol. The summed E-state index contributed by atoms with van der Waals surface area (Å²) in [6, 6.07) is 5.34. The van der Waals surface area contributed by atoms with Gasteiger partial charge >= 0.3 is 10.2 Å². The normalized spacial score (nSPS) is 19.5. The predicted octanol–water partition coefficient (Wildman–Crippen LogP) is 1.10. The van der Waals surface area contributed by atoms with E-state index in [9.17, 15) is 21.5 Å². The minimum Gasteiger partial charge on any atom is -0.307 e. The smallest absolute Gasteiger partial charge is 0.307 e. The third kappa shape index (κ3) is 2.42. The molecule has 0 N–H and O–H groups in total. The lowest BCUT2D eigenvalue weighted by molar-refractivity contribution is -0.117. The fraction of sp³-hybridized carbons (Fsp3) is 0.273. The van der Waals surface area contributed by atoms with Gasteiger partial charge in [0.2, 0.25) is 5.91 Å². The van der Waals surface area contributed by atoms with Gasteiger partial charge in [-0.1, -0.05) is 6.07 Å². The van der Waals surface area contributed by atoms with Crippen LogP contribution < -0.4 is 4.90 Å². The van der Waals surface area contributed by atoms with E-state index in [1.807, 2.05) is 0 Å². The summed E-state index contributed by atoms with van der Waals surface area (Å²) in [5.74, 6) is -1.56. The second-order valence-corrected chi connectivity index (χ2v) is 5.67. The van der Waals surface area contributed by atoms with Crippen molar-refractivity contribution < 1.29 is 21.5 Å². The highest BCUT2D eigenvalue weighted by atomic mass is 32.3. The van der Waals surface area contributed by atoms with Gasteiger partial charge in [0, 0.05) is 13.0 Å². The molecule has 8 heteroatoms. The molecule has 0 aromatic heterocycles. The van der Waals surface area contributed by atoms with Crippen LogP contribution in [0, 0.1) is 17.1 Å². The third-order valence-corrected chi connectivity index (χ3v) is 3.98. The maximum atomic E-state index is 13.7. The van der Waals surface area contributed by atoms with Gasteiger partial charge in [0.25, 0.3) is 0 Å². The molecule has 1 unspecified atom stereocenters. The van der Waals surface area contributed by atoms with E-state index < -0.39 is 40.2 Å². The summed E-state index contributed by atoms with van der Waals surface area (Å²) in [6.45, 7) is -0.493. The summed E-state index contributed by atoms with van der Waals surface area (Å²) in [5, 5.41) is 7.35. The first-order valence-corrected chi connectivity index (χ1v) is 6.71. The van der Waals surface area contributed by atoms with E-state index in [-0.39, 0.29) is 11.3 Å². The first-order valence-electron chi connectivity index (χ1n) is 5.27. The molecule has 1 aromatic rings. The lowest BCUT2D eigenvalue weighted by Crippen LogP contribution is -2.28. The molecule has 1 aromatic carbocycles. The predicted molar refractivity (Wildman–Crippen MR) is 61.9 cm³/mol. The Morgan fingerprint density at radius 1 is 1.42 bits per heavy atom. The van der Waals surface area contributed by atoms with Gasteiger partial charge in [-0.15, -0.1) is 3.89 Å². The molecule has 1 atom stereocenters. The van der Waals surface area contributed by atoms with Crippen LogP contribution in [0.25, 0.3) is 0 Å². The van der Waals surface area contributed by atoms with Crippen molar-refractivity contribution in [1.29, 1.82) is 5.26 Å². The molecule has 0 radical (unpaired) electrons. The lowest BCUT2D eigenvalue weighted by Gasteiger charge is -2.18. The highest BCUT2D eigenvalue weighted by Gasteiger charge is 2.40. The zero-order valence-electron chi connectivity index (χ0n) is 9.51. The number of halogens is 2. The molecule has 5 nitrogen and oxygen atoms in total. The highest BCUT2D eigenvalue weighted by Crippen LogP contribution is 2.30. The molecule has 1 amide bonds. The fourth-order valence-electron chi connectivity index (χ4n) is 1.96. The van der Waals surface area contributed by atoms with Crippen molar-refractivity contribution in [3.8, 4) is 6.07 Å². The van der Waals surface area contributed by atoms with E-state index in [0.717, 1.165) is 11.0 Å². The number of hydrogen-bond acceptors (Lipinski definition) is 4. The van der Waals surface area contributed by atoms with Crippen molar-refractivity contribution in [3.63, 3.8) is 0 Å².